The Morgan fingerprint density at radius 1 is 0.552 bits per heavy atom. The van der Waals surface area contributed by atoms with Crippen molar-refractivity contribution in [1.82, 2.24) is 0 Å². The zero-order valence-electron chi connectivity index (χ0n) is 40.6. The van der Waals surface area contributed by atoms with Crippen molar-refractivity contribution in [2.24, 2.45) is 5.41 Å². The summed E-state index contributed by atoms with van der Waals surface area (Å²) in [4.78, 5) is 26.5. The van der Waals surface area contributed by atoms with Crippen molar-refractivity contribution in [3.8, 4) is 0 Å². The Hall–Kier alpha value is -3.18. The first-order valence-corrected chi connectivity index (χ1v) is 22.9. The first-order chi connectivity index (χ1) is 31.3. The Labute approximate surface area is 395 Å². The summed E-state index contributed by atoms with van der Waals surface area (Å²) in [6, 6.07) is 0. The van der Waals surface area contributed by atoms with Gasteiger partial charge in [-0.15, -0.1) is 19.7 Å². The molecule has 0 spiro atoms. The van der Waals surface area contributed by atoms with Crippen molar-refractivity contribution in [2.75, 3.05) is 13.2 Å². The van der Waals surface area contributed by atoms with Crippen LogP contribution in [-0.2, 0) is 47.5 Å². The highest BCUT2D eigenvalue weighted by Gasteiger charge is 2.53. The Balaban J connectivity index is 1.69. The third-order valence-electron chi connectivity index (χ3n) is 12.6. The second kappa shape index (κ2) is 25.6. The number of carbonyl (C=O) groups excluding carboxylic acids is 2. The summed E-state index contributed by atoms with van der Waals surface area (Å²) < 4.78 is 47.2. The predicted octanol–water partition coefficient (Wildman–Crippen LogP) is 2.87. The van der Waals surface area contributed by atoms with E-state index in [-0.39, 0.29) is 29.4 Å². The van der Waals surface area contributed by atoms with Gasteiger partial charge in [-0.1, -0.05) is 55.9 Å². The summed E-state index contributed by atoms with van der Waals surface area (Å²) in [6.45, 7) is 26.1. The van der Waals surface area contributed by atoms with E-state index in [1.54, 1.807) is 39.0 Å². The van der Waals surface area contributed by atoms with E-state index in [0.29, 0.717) is 25.7 Å². The lowest BCUT2D eigenvalue weighted by atomic mass is 9.88. The molecule has 0 amide bonds. The lowest BCUT2D eigenvalue weighted by Crippen LogP contribution is -2.65. The molecule has 18 heteroatoms. The molecular formula is C49H78O18. The Kier molecular flexibility index (Phi) is 22.2. The van der Waals surface area contributed by atoms with E-state index in [0.717, 1.165) is 5.57 Å². The zero-order valence-corrected chi connectivity index (χ0v) is 40.6. The molecule has 0 radical (unpaired) electrons. The number of rotatable bonds is 24. The van der Waals surface area contributed by atoms with Gasteiger partial charge in [-0.2, -0.15) is 0 Å². The second-order valence-corrected chi connectivity index (χ2v) is 19.1. The highest BCUT2D eigenvalue weighted by atomic mass is 16.8. The van der Waals surface area contributed by atoms with Crippen LogP contribution >= 0.6 is 0 Å². The van der Waals surface area contributed by atoms with Gasteiger partial charge in [0, 0.05) is 11.1 Å². The summed E-state index contributed by atoms with van der Waals surface area (Å²) in [7, 11) is 0. The molecule has 0 saturated carbocycles. The number of hydrogen-bond acceptors (Lipinski definition) is 18. The summed E-state index contributed by atoms with van der Waals surface area (Å²) in [6.07, 6.45) is -9.93. The number of aliphatic hydroxyl groups excluding tert-OH is 8. The van der Waals surface area contributed by atoms with Crippen LogP contribution in [0.2, 0.25) is 0 Å². The second-order valence-electron chi connectivity index (χ2n) is 19.1. The monoisotopic (exact) mass is 955 g/mol. The number of ether oxygens (including phenoxy) is 8. The largest absolute Gasteiger partial charge is 0.453 e. The molecule has 3 aliphatic rings. The lowest BCUT2D eigenvalue weighted by Gasteiger charge is -2.47. The van der Waals surface area contributed by atoms with Crippen molar-refractivity contribution in [3.05, 3.63) is 72.9 Å². The van der Waals surface area contributed by atoms with Crippen LogP contribution in [0.15, 0.2) is 72.9 Å². The molecule has 3 heterocycles. The topological polar surface area (TPSA) is 270 Å². The summed E-state index contributed by atoms with van der Waals surface area (Å²) in [5.74, 6) is -1.62. The third-order valence-corrected chi connectivity index (χ3v) is 12.6. The number of carbonyl (C=O) groups is 2. The minimum absolute atomic E-state index is 0.113. The lowest BCUT2D eigenvalue weighted by molar-refractivity contribution is -0.373. The molecule has 18 nitrogen and oxygen atoms in total. The van der Waals surface area contributed by atoms with Crippen molar-refractivity contribution < 1.29 is 88.3 Å². The number of esters is 2. The molecule has 0 aromatic carbocycles. The molecular weight excluding hydrogens is 877 g/mol. The van der Waals surface area contributed by atoms with Crippen LogP contribution in [0.25, 0.3) is 0 Å². The molecule has 0 aromatic heterocycles. The van der Waals surface area contributed by atoms with Gasteiger partial charge < -0.3 is 78.7 Å². The molecule has 67 heavy (non-hydrogen) atoms. The first kappa shape index (κ1) is 58.1. The van der Waals surface area contributed by atoms with E-state index in [1.165, 1.54) is 19.9 Å². The van der Waals surface area contributed by atoms with Crippen LogP contribution in [0.3, 0.4) is 0 Å². The molecule has 17 atom stereocenters. The van der Waals surface area contributed by atoms with Gasteiger partial charge in [0.25, 0.3) is 0 Å². The fourth-order valence-corrected chi connectivity index (χ4v) is 7.54. The van der Waals surface area contributed by atoms with E-state index < -0.39 is 128 Å². The average molecular weight is 955 g/mol. The standard InChI is InChI=1S/C49H78O18/c1-13-47(9,10)22-17-20-28(6)43(59)64-40-35(54)33(52)31(25-50)61-45(40)66-49(12,15-3)24-18-21-29(7)42(58)63-39-30(8)60-44(38(57)37(39)56)65-41-36(55)34(53)32(26-51)62-46(41)67-48(11,14-2)23-16-19-27(4)5/h13-15,19-21,30-41,44-46,50-57H,1-3,16-18,22-26H2,4-12H3/b28-20+,29-21+/t30?,31?,32?,33?,34?,35?,36?,37?,38?,39?,40?,41?,44?,45?,46?,48-,49-/m0/s1. The fraction of sp³-hybridized carbons (Fsp3) is 0.714. The Bertz CT molecular complexity index is 1740. The van der Waals surface area contributed by atoms with E-state index >= 15 is 0 Å². The van der Waals surface area contributed by atoms with Gasteiger partial charge in [-0.25, -0.2) is 9.59 Å². The smallest absolute Gasteiger partial charge is 0.333 e. The molecule has 382 valence electrons. The third kappa shape index (κ3) is 15.9. The van der Waals surface area contributed by atoms with Crippen LogP contribution in [0.4, 0.5) is 0 Å². The summed E-state index contributed by atoms with van der Waals surface area (Å²) >= 11 is 0. The maximum atomic E-state index is 13.4. The maximum Gasteiger partial charge on any atom is 0.333 e. The quantitative estimate of drug-likeness (QED) is 0.0393. The zero-order chi connectivity index (χ0) is 50.6. The SMILES string of the molecule is C=CC(C)(C)CC/C=C(\C)C(=O)OC1C(O[C@@](C)(C=C)CC/C=C(\C)C(=O)OC2C(C)OC(OC3C(O[C@@](C)(C=C)CCC=C(C)C)OC(CO)C(O)C3O)C(O)C2O)OC(CO)C(O)C1O. The fourth-order valence-electron chi connectivity index (χ4n) is 7.54. The van der Waals surface area contributed by atoms with Gasteiger partial charge >= 0.3 is 11.9 Å². The van der Waals surface area contributed by atoms with Crippen molar-refractivity contribution in [3.63, 3.8) is 0 Å². The minimum Gasteiger partial charge on any atom is -0.453 e. The molecule has 8 N–H and O–H groups in total. The average Bonchev–Trinajstić information content (AvgIpc) is 3.28. The molecule has 0 aliphatic carbocycles. The summed E-state index contributed by atoms with van der Waals surface area (Å²) in [5.41, 5.74) is -0.960. The molecule has 3 rings (SSSR count). The van der Waals surface area contributed by atoms with E-state index in [4.69, 9.17) is 37.9 Å². The number of allylic oxidation sites excluding steroid dienone is 5. The maximum absolute atomic E-state index is 13.4. The Morgan fingerprint density at radius 2 is 0.970 bits per heavy atom. The molecule has 3 fully saturated rings. The van der Waals surface area contributed by atoms with Gasteiger partial charge in [-0.3, -0.25) is 0 Å². The van der Waals surface area contributed by atoms with Gasteiger partial charge in [-0.05, 0) is 92.4 Å². The van der Waals surface area contributed by atoms with Crippen LogP contribution in [-0.4, -0.2) is 169 Å². The van der Waals surface area contributed by atoms with Gasteiger partial charge in [0.05, 0.1) is 30.5 Å². The van der Waals surface area contributed by atoms with Gasteiger partial charge in [0.2, 0.25) is 0 Å². The first-order valence-electron chi connectivity index (χ1n) is 22.9. The molecule has 3 aliphatic heterocycles. The molecule has 3 saturated heterocycles. The number of hydrogen-bond donors (Lipinski definition) is 8. The highest BCUT2D eigenvalue weighted by molar-refractivity contribution is 5.88. The van der Waals surface area contributed by atoms with Crippen molar-refractivity contribution in [2.45, 2.75) is 204 Å². The predicted molar refractivity (Wildman–Crippen MR) is 245 cm³/mol. The van der Waals surface area contributed by atoms with Crippen LogP contribution in [0, 0.1) is 5.41 Å². The van der Waals surface area contributed by atoms with Gasteiger partial charge in [0.1, 0.15) is 54.9 Å². The summed E-state index contributed by atoms with van der Waals surface area (Å²) in [5, 5.41) is 85.8. The molecule has 0 bridgehead atoms. The van der Waals surface area contributed by atoms with E-state index in [2.05, 4.69) is 19.7 Å². The van der Waals surface area contributed by atoms with Crippen LogP contribution < -0.4 is 0 Å². The normalized spacial score (nSPS) is 34.8. The van der Waals surface area contributed by atoms with Crippen molar-refractivity contribution >= 4 is 11.9 Å². The highest BCUT2D eigenvalue weighted by Crippen LogP contribution is 2.35. The van der Waals surface area contributed by atoms with E-state index in [1.807, 2.05) is 39.8 Å². The van der Waals surface area contributed by atoms with Crippen LogP contribution in [0.5, 0.6) is 0 Å². The van der Waals surface area contributed by atoms with Gasteiger partial charge in [0.15, 0.2) is 31.1 Å². The number of aliphatic hydroxyl groups is 8. The van der Waals surface area contributed by atoms with Crippen LogP contribution in [0.1, 0.15) is 101 Å². The molecule has 0 aromatic rings. The molecule has 15 unspecified atom stereocenters. The van der Waals surface area contributed by atoms with Crippen molar-refractivity contribution in [1.29, 1.82) is 0 Å². The van der Waals surface area contributed by atoms with E-state index in [9.17, 15) is 50.4 Å². The Morgan fingerprint density at radius 3 is 1.42 bits per heavy atom. The minimum atomic E-state index is -1.84.